The monoisotopic (exact) mass is 256 g/mol. The number of nitrogens with zero attached hydrogens (tertiary/aromatic N) is 1. The average Bonchev–Trinajstić information content (AvgIpc) is 2.46. The summed E-state index contributed by atoms with van der Waals surface area (Å²) in [6.45, 7) is 5.92. The first kappa shape index (κ1) is 13.6. The van der Waals surface area contributed by atoms with E-state index in [1.165, 1.54) is 5.56 Å². The summed E-state index contributed by atoms with van der Waals surface area (Å²) >= 11 is 0. The quantitative estimate of drug-likeness (QED) is 0.858. The topological polar surface area (TPSA) is 34.1 Å². The fourth-order valence-electron chi connectivity index (χ4n) is 1.78. The summed E-state index contributed by atoms with van der Waals surface area (Å²) < 4.78 is 5.76. The van der Waals surface area contributed by atoms with Gasteiger partial charge >= 0.3 is 0 Å². The average molecular weight is 256 g/mol. The van der Waals surface area contributed by atoms with Gasteiger partial charge in [0, 0.05) is 12.6 Å². The molecule has 0 spiro atoms. The van der Waals surface area contributed by atoms with E-state index in [1.807, 2.05) is 30.3 Å². The standard InChI is InChI=1S/C16H20N2O/c1-3-13-8-10-15(11-9-13)19-16-7-5-6-14(18-16)12-17-4-2/h5-11,17H,3-4,12H2,1-2H3. The third-order valence-electron chi connectivity index (χ3n) is 2.89. The molecule has 3 nitrogen and oxygen atoms in total. The van der Waals surface area contributed by atoms with E-state index in [0.717, 1.165) is 31.0 Å². The van der Waals surface area contributed by atoms with Crippen molar-refractivity contribution in [3.63, 3.8) is 0 Å². The lowest BCUT2D eigenvalue weighted by Gasteiger charge is -2.07. The second-order valence-electron chi connectivity index (χ2n) is 4.35. The molecule has 1 aromatic heterocycles. The van der Waals surface area contributed by atoms with Crippen LogP contribution in [-0.2, 0) is 13.0 Å². The van der Waals surface area contributed by atoms with Gasteiger partial charge in [-0.05, 0) is 36.7 Å². The maximum Gasteiger partial charge on any atom is 0.219 e. The SMILES string of the molecule is CCNCc1cccc(Oc2ccc(CC)cc2)n1. The summed E-state index contributed by atoms with van der Waals surface area (Å²) in [6.07, 6.45) is 1.04. The molecule has 2 aromatic rings. The Hall–Kier alpha value is -1.87. The summed E-state index contributed by atoms with van der Waals surface area (Å²) in [6, 6.07) is 14.0. The highest BCUT2D eigenvalue weighted by molar-refractivity contribution is 5.30. The number of benzene rings is 1. The molecule has 19 heavy (non-hydrogen) atoms. The molecule has 0 atom stereocenters. The number of hydrogen-bond donors (Lipinski definition) is 1. The zero-order valence-corrected chi connectivity index (χ0v) is 11.5. The van der Waals surface area contributed by atoms with Crippen molar-refractivity contribution in [2.24, 2.45) is 0 Å². The van der Waals surface area contributed by atoms with Crippen LogP contribution in [0.4, 0.5) is 0 Å². The van der Waals surface area contributed by atoms with E-state index < -0.39 is 0 Å². The fraction of sp³-hybridized carbons (Fsp3) is 0.312. The zero-order chi connectivity index (χ0) is 13.5. The van der Waals surface area contributed by atoms with Gasteiger partial charge in [-0.1, -0.05) is 32.0 Å². The molecule has 0 unspecified atom stereocenters. The van der Waals surface area contributed by atoms with Crippen molar-refractivity contribution >= 4 is 0 Å². The van der Waals surface area contributed by atoms with Crippen LogP contribution < -0.4 is 10.1 Å². The van der Waals surface area contributed by atoms with E-state index in [-0.39, 0.29) is 0 Å². The summed E-state index contributed by atoms with van der Waals surface area (Å²) in [7, 11) is 0. The largest absolute Gasteiger partial charge is 0.439 e. The summed E-state index contributed by atoms with van der Waals surface area (Å²) in [5.41, 5.74) is 2.30. The molecule has 0 saturated heterocycles. The minimum atomic E-state index is 0.639. The number of ether oxygens (including phenoxy) is 1. The van der Waals surface area contributed by atoms with Crippen LogP contribution in [0.5, 0.6) is 11.6 Å². The zero-order valence-electron chi connectivity index (χ0n) is 11.5. The number of hydrogen-bond acceptors (Lipinski definition) is 3. The molecule has 0 aliphatic heterocycles. The van der Waals surface area contributed by atoms with Gasteiger partial charge < -0.3 is 10.1 Å². The van der Waals surface area contributed by atoms with Gasteiger partial charge in [0.25, 0.3) is 0 Å². The highest BCUT2D eigenvalue weighted by atomic mass is 16.5. The third kappa shape index (κ3) is 4.07. The minimum Gasteiger partial charge on any atom is -0.439 e. The molecule has 0 saturated carbocycles. The fourth-order valence-corrected chi connectivity index (χ4v) is 1.78. The Balaban J connectivity index is 2.05. The van der Waals surface area contributed by atoms with Crippen molar-refractivity contribution in [2.45, 2.75) is 26.8 Å². The lowest BCUT2D eigenvalue weighted by molar-refractivity contribution is 0.459. The number of aromatic nitrogens is 1. The van der Waals surface area contributed by atoms with E-state index in [1.54, 1.807) is 0 Å². The van der Waals surface area contributed by atoms with Crippen LogP contribution in [0.1, 0.15) is 25.1 Å². The second-order valence-corrected chi connectivity index (χ2v) is 4.35. The van der Waals surface area contributed by atoms with Crippen LogP contribution in [0.3, 0.4) is 0 Å². The number of pyridine rings is 1. The van der Waals surface area contributed by atoms with Crippen molar-refractivity contribution in [1.29, 1.82) is 0 Å². The minimum absolute atomic E-state index is 0.639. The molecule has 1 heterocycles. The first-order valence-electron chi connectivity index (χ1n) is 6.75. The number of aryl methyl sites for hydroxylation is 1. The normalized spacial score (nSPS) is 10.4. The molecule has 0 amide bonds. The van der Waals surface area contributed by atoms with Crippen LogP contribution in [0.25, 0.3) is 0 Å². The predicted molar refractivity (Wildman–Crippen MR) is 77.5 cm³/mol. The van der Waals surface area contributed by atoms with Gasteiger partial charge in [0.1, 0.15) is 5.75 Å². The molecule has 0 radical (unpaired) electrons. The Morgan fingerprint density at radius 1 is 1.05 bits per heavy atom. The molecule has 0 fully saturated rings. The molecule has 0 aliphatic rings. The van der Waals surface area contributed by atoms with E-state index >= 15 is 0 Å². The summed E-state index contributed by atoms with van der Waals surface area (Å²) in [5, 5.41) is 3.25. The molecule has 100 valence electrons. The second kappa shape index (κ2) is 6.90. The highest BCUT2D eigenvalue weighted by Gasteiger charge is 2.00. The molecule has 1 N–H and O–H groups in total. The van der Waals surface area contributed by atoms with Gasteiger partial charge in [0.05, 0.1) is 5.69 Å². The van der Waals surface area contributed by atoms with Gasteiger partial charge in [-0.3, -0.25) is 0 Å². The smallest absolute Gasteiger partial charge is 0.219 e. The molecule has 0 aliphatic carbocycles. The van der Waals surface area contributed by atoms with Gasteiger partial charge in [0.2, 0.25) is 5.88 Å². The van der Waals surface area contributed by atoms with E-state index in [4.69, 9.17) is 4.74 Å². The van der Waals surface area contributed by atoms with Gasteiger partial charge in [-0.25, -0.2) is 4.98 Å². The lowest BCUT2D eigenvalue weighted by atomic mass is 10.2. The van der Waals surface area contributed by atoms with Crippen LogP contribution in [0.2, 0.25) is 0 Å². The van der Waals surface area contributed by atoms with Crippen molar-refractivity contribution in [1.82, 2.24) is 10.3 Å². The van der Waals surface area contributed by atoms with Crippen LogP contribution in [0, 0.1) is 0 Å². The van der Waals surface area contributed by atoms with Crippen molar-refractivity contribution in [3.8, 4) is 11.6 Å². The van der Waals surface area contributed by atoms with E-state index in [2.05, 4.69) is 36.3 Å². The molecule has 1 aromatic carbocycles. The third-order valence-corrected chi connectivity index (χ3v) is 2.89. The molecule has 3 heteroatoms. The molecule has 0 bridgehead atoms. The maximum absolute atomic E-state index is 5.76. The molecular formula is C16H20N2O. The Labute approximate surface area is 114 Å². The maximum atomic E-state index is 5.76. The van der Waals surface area contributed by atoms with Crippen LogP contribution in [0.15, 0.2) is 42.5 Å². The van der Waals surface area contributed by atoms with E-state index in [9.17, 15) is 0 Å². The van der Waals surface area contributed by atoms with Crippen molar-refractivity contribution < 1.29 is 4.74 Å². The summed E-state index contributed by atoms with van der Waals surface area (Å²) in [5.74, 6) is 1.46. The van der Waals surface area contributed by atoms with Gasteiger partial charge in [-0.2, -0.15) is 0 Å². The summed E-state index contributed by atoms with van der Waals surface area (Å²) in [4.78, 5) is 4.46. The molecule has 2 rings (SSSR count). The van der Waals surface area contributed by atoms with Crippen molar-refractivity contribution in [2.75, 3.05) is 6.54 Å². The Kier molecular flexibility index (Phi) is 4.93. The van der Waals surface area contributed by atoms with Gasteiger partial charge in [-0.15, -0.1) is 0 Å². The van der Waals surface area contributed by atoms with Gasteiger partial charge in [0.15, 0.2) is 0 Å². The first-order valence-corrected chi connectivity index (χ1v) is 6.75. The van der Waals surface area contributed by atoms with Crippen LogP contribution in [-0.4, -0.2) is 11.5 Å². The first-order chi connectivity index (χ1) is 9.31. The van der Waals surface area contributed by atoms with Crippen molar-refractivity contribution in [3.05, 3.63) is 53.7 Å². The Bertz CT molecular complexity index is 508. The number of nitrogens with one attached hydrogen (secondary N) is 1. The molecular weight excluding hydrogens is 236 g/mol. The van der Waals surface area contributed by atoms with Crippen LogP contribution >= 0.6 is 0 Å². The predicted octanol–water partition coefficient (Wildman–Crippen LogP) is 3.55. The highest BCUT2D eigenvalue weighted by Crippen LogP contribution is 2.20. The lowest BCUT2D eigenvalue weighted by Crippen LogP contribution is -2.12. The number of rotatable bonds is 6. The Morgan fingerprint density at radius 2 is 1.84 bits per heavy atom. The van der Waals surface area contributed by atoms with E-state index in [0.29, 0.717) is 5.88 Å². The Morgan fingerprint density at radius 3 is 2.53 bits per heavy atom.